The minimum Gasteiger partial charge on any atom is -0.378 e. The molecule has 0 atom stereocenters. The van der Waals surface area contributed by atoms with Crippen LogP contribution in [0.5, 0.6) is 0 Å². The second-order valence-corrected chi connectivity index (χ2v) is 6.31. The molecule has 2 aromatic carbocycles. The number of anilines is 2. The summed E-state index contributed by atoms with van der Waals surface area (Å²) in [7, 11) is 4.08. The van der Waals surface area contributed by atoms with E-state index >= 15 is 0 Å². The Labute approximate surface area is 144 Å². The molecule has 0 radical (unpaired) electrons. The molecule has 0 saturated carbocycles. The monoisotopic (exact) mass is 323 g/mol. The van der Waals surface area contributed by atoms with Crippen LogP contribution in [-0.2, 0) is 4.74 Å². The van der Waals surface area contributed by atoms with Crippen LogP contribution in [0.3, 0.4) is 0 Å². The Bertz CT molecular complexity index is 701. The highest BCUT2D eigenvalue weighted by molar-refractivity contribution is 5.84. The summed E-state index contributed by atoms with van der Waals surface area (Å²) >= 11 is 0. The fourth-order valence-electron chi connectivity index (χ4n) is 2.80. The van der Waals surface area contributed by atoms with Gasteiger partial charge in [-0.05, 0) is 54.4 Å². The van der Waals surface area contributed by atoms with Crippen LogP contribution < -0.4 is 9.80 Å². The number of hydrogen-bond acceptors (Lipinski definition) is 4. The van der Waals surface area contributed by atoms with Crippen LogP contribution in [0.2, 0.25) is 0 Å². The first-order chi connectivity index (χ1) is 11.6. The number of ether oxygens (including phenoxy) is 1. The molecule has 1 aliphatic rings. The number of hydrogen-bond donors (Lipinski definition) is 0. The molecule has 0 aromatic heterocycles. The van der Waals surface area contributed by atoms with Gasteiger partial charge in [-0.2, -0.15) is 0 Å². The normalized spacial score (nSPS) is 15.0. The molecule has 0 spiro atoms. The molecule has 1 saturated heterocycles. The SMILES string of the molecule is Cc1cc(N2CCOCC2)ccc1C=Nc1ccc(N(C)C)cc1. The minimum absolute atomic E-state index is 0.811. The number of aryl methyl sites for hydroxylation is 1. The highest BCUT2D eigenvalue weighted by Crippen LogP contribution is 2.21. The van der Waals surface area contributed by atoms with Crippen molar-refractivity contribution in [3.8, 4) is 0 Å². The molecule has 0 bridgehead atoms. The number of aliphatic imine (C=N–C) groups is 1. The molecular weight excluding hydrogens is 298 g/mol. The lowest BCUT2D eigenvalue weighted by atomic mass is 10.1. The Morgan fingerprint density at radius 1 is 1.04 bits per heavy atom. The zero-order valence-electron chi connectivity index (χ0n) is 14.7. The van der Waals surface area contributed by atoms with Gasteiger partial charge >= 0.3 is 0 Å². The number of morpholine rings is 1. The van der Waals surface area contributed by atoms with Gasteiger partial charge in [-0.25, -0.2) is 0 Å². The van der Waals surface area contributed by atoms with E-state index in [0.717, 1.165) is 37.6 Å². The Balaban J connectivity index is 1.72. The van der Waals surface area contributed by atoms with Gasteiger partial charge in [-0.15, -0.1) is 0 Å². The number of benzene rings is 2. The van der Waals surface area contributed by atoms with Crippen molar-refractivity contribution in [1.82, 2.24) is 0 Å². The van der Waals surface area contributed by atoms with Crippen LogP contribution in [0, 0.1) is 6.92 Å². The van der Waals surface area contributed by atoms with E-state index in [1.807, 2.05) is 32.4 Å². The first-order valence-electron chi connectivity index (χ1n) is 8.38. The molecule has 24 heavy (non-hydrogen) atoms. The van der Waals surface area contributed by atoms with Gasteiger partial charge in [0.05, 0.1) is 18.9 Å². The fraction of sp³-hybridized carbons (Fsp3) is 0.350. The molecule has 3 rings (SSSR count). The highest BCUT2D eigenvalue weighted by Gasteiger charge is 2.11. The average molecular weight is 323 g/mol. The largest absolute Gasteiger partial charge is 0.378 e. The van der Waals surface area contributed by atoms with E-state index in [2.05, 4.69) is 52.0 Å². The van der Waals surface area contributed by atoms with E-state index in [9.17, 15) is 0 Å². The Morgan fingerprint density at radius 3 is 2.38 bits per heavy atom. The summed E-state index contributed by atoms with van der Waals surface area (Å²) in [5, 5.41) is 0. The van der Waals surface area contributed by atoms with Gasteiger partial charge in [-0.1, -0.05) is 6.07 Å². The first-order valence-corrected chi connectivity index (χ1v) is 8.38. The minimum atomic E-state index is 0.811. The predicted octanol–water partition coefficient (Wildman–Crippen LogP) is 3.65. The standard InChI is InChI=1S/C20H25N3O/c1-16-14-20(23-10-12-24-13-11-23)7-4-17(16)15-21-18-5-8-19(9-6-18)22(2)3/h4-9,14-15H,10-13H2,1-3H3. The van der Waals surface area contributed by atoms with Gasteiger partial charge in [0.1, 0.15) is 0 Å². The highest BCUT2D eigenvalue weighted by atomic mass is 16.5. The van der Waals surface area contributed by atoms with Crippen molar-refractivity contribution in [2.75, 3.05) is 50.2 Å². The van der Waals surface area contributed by atoms with Crippen LogP contribution >= 0.6 is 0 Å². The van der Waals surface area contributed by atoms with E-state index in [-0.39, 0.29) is 0 Å². The maximum Gasteiger partial charge on any atom is 0.0642 e. The van der Waals surface area contributed by atoms with Crippen LogP contribution in [0.15, 0.2) is 47.5 Å². The molecular formula is C20H25N3O. The third kappa shape index (κ3) is 3.95. The molecule has 0 aliphatic carbocycles. The second-order valence-electron chi connectivity index (χ2n) is 6.31. The van der Waals surface area contributed by atoms with Gasteiger partial charge < -0.3 is 14.5 Å². The zero-order valence-corrected chi connectivity index (χ0v) is 14.7. The van der Waals surface area contributed by atoms with Crippen molar-refractivity contribution in [3.05, 3.63) is 53.6 Å². The molecule has 1 fully saturated rings. The average Bonchev–Trinajstić information content (AvgIpc) is 2.62. The Kier molecular flexibility index (Phi) is 5.16. The first kappa shape index (κ1) is 16.5. The van der Waals surface area contributed by atoms with Crippen LogP contribution in [0.25, 0.3) is 0 Å². The van der Waals surface area contributed by atoms with Crippen LogP contribution in [0.1, 0.15) is 11.1 Å². The number of rotatable bonds is 4. The molecule has 0 amide bonds. The lowest BCUT2D eigenvalue weighted by Crippen LogP contribution is -2.36. The zero-order chi connectivity index (χ0) is 16.9. The molecule has 1 heterocycles. The summed E-state index contributed by atoms with van der Waals surface area (Å²) in [6.07, 6.45) is 1.95. The van der Waals surface area contributed by atoms with Crippen molar-refractivity contribution in [1.29, 1.82) is 0 Å². The molecule has 126 valence electrons. The third-order valence-electron chi connectivity index (χ3n) is 4.35. The smallest absolute Gasteiger partial charge is 0.0642 e. The van der Waals surface area contributed by atoms with Gasteiger partial charge in [-0.3, -0.25) is 4.99 Å². The summed E-state index contributed by atoms with van der Waals surface area (Å²) in [4.78, 5) is 9.06. The van der Waals surface area contributed by atoms with E-state index in [1.165, 1.54) is 16.9 Å². The summed E-state index contributed by atoms with van der Waals surface area (Å²) in [5.41, 5.74) is 5.82. The maximum atomic E-state index is 5.42. The maximum absolute atomic E-state index is 5.42. The summed E-state index contributed by atoms with van der Waals surface area (Å²) in [5.74, 6) is 0. The van der Waals surface area contributed by atoms with Crippen molar-refractivity contribution >= 4 is 23.3 Å². The van der Waals surface area contributed by atoms with Gasteiger partial charge in [0, 0.05) is 44.8 Å². The van der Waals surface area contributed by atoms with E-state index in [4.69, 9.17) is 4.74 Å². The van der Waals surface area contributed by atoms with E-state index < -0.39 is 0 Å². The summed E-state index contributed by atoms with van der Waals surface area (Å²) in [6, 6.07) is 14.8. The van der Waals surface area contributed by atoms with E-state index in [0.29, 0.717) is 0 Å². The topological polar surface area (TPSA) is 28.1 Å². The van der Waals surface area contributed by atoms with Crippen molar-refractivity contribution < 1.29 is 4.74 Å². The fourth-order valence-corrected chi connectivity index (χ4v) is 2.80. The number of nitrogens with zero attached hydrogens (tertiary/aromatic N) is 3. The Morgan fingerprint density at radius 2 is 1.75 bits per heavy atom. The van der Waals surface area contributed by atoms with E-state index in [1.54, 1.807) is 0 Å². The molecule has 1 aliphatic heterocycles. The summed E-state index contributed by atoms with van der Waals surface area (Å²) in [6.45, 7) is 5.69. The molecule has 4 nitrogen and oxygen atoms in total. The van der Waals surface area contributed by atoms with Gasteiger partial charge in [0.15, 0.2) is 0 Å². The Hall–Kier alpha value is -2.33. The predicted molar refractivity (Wildman–Crippen MR) is 102 cm³/mol. The van der Waals surface area contributed by atoms with Crippen molar-refractivity contribution in [2.24, 2.45) is 4.99 Å². The van der Waals surface area contributed by atoms with Crippen LogP contribution in [0.4, 0.5) is 17.1 Å². The molecule has 0 N–H and O–H groups in total. The lowest BCUT2D eigenvalue weighted by Gasteiger charge is -2.29. The lowest BCUT2D eigenvalue weighted by molar-refractivity contribution is 0.122. The molecule has 2 aromatic rings. The summed E-state index contributed by atoms with van der Waals surface area (Å²) < 4.78 is 5.42. The van der Waals surface area contributed by atoms with Crippen molar-refractivity contribution in [2.45, 2.75) is 6.92 Å². The third-order valence-corrected chi connectivity index (χ3v) is 4.35. The van der Waals surface area contributed by atoms with Crippen LogP contribution in [-0.4, -0.2) is 46.6 Å². The molecule has 4 heteroatoms. The van der Waals surface area contributed by atoms with Crippen molar-refractivity contribution in [3.63, 3.8) is 0 Å². The quantitative estimate of drug-likeness (QED) is 0.804. The second kappa shape index (κ2) is 7.49. The molecule has 0 unspecified atom stereocenters. The van der Waals surface area contributed by atoms with Gasteiger partial charge in [0.2, 0.25) is 0 Å². The van der Waals surface area contributed by atoms with Gasteiger partial charge in [0.25, 0.3) is 0 Å².